The van der Waals surface area contributed by atoms with Crippen LogP contribution in [-0.2, 0) is 24.3 Å². The summed E-state index contributed by atoms with van der Waals surface area (Å²) in [6.07, 6.45) is 2.04. The molecule has 0 radical (unpaired) electrons. The Bertz CT molecular complexity index is 1120. The van der Waals surface area contributed by atoms with Crippen LogP contribution >= 0.6 is 0 Å². The molecule has 8 nitrogen and oxygen atoms in total. The lowest BCUT2D eigenvalue weighted by atomic mass is 10.1. The average Bonchev–Trinajstić information content (AvgIpc) is 2.81. The molecule has 2 aliphatic heterocycles. The fraction of sp³-hybridized carbons (Fsp3) is 0.304. The monoisotopic (exact) mass is 455 g/mol. The maximum Gasteiger partial charge on any atom is 0.264 e. The predicted octanol–water partition coefficient (Wildman–Crippen LogP) is 1.95. The SMILES string of the molecule is Cc1ccc(S(=O)(=O)N2C=CNC(=O)[C@H]2CC(=O)N2CCOC(c3ccccc3)C2)cc1. The summed E-state index contributed by atoms with van der Waals surface area (Å²) in [4.78, 5) is 27.4. The van der Waals surface area contributed by atoms with Crippen LogP contribution in [0.2, 0.25) is 0 Å². The van der Waals surface area contributed by atoms with Gasteiger partial charge in [-0.05, 0) is 24.6 Å². The van der Waals surface area contributed by atoms with E-state index in [0.29, 0.717) is 19.7 Å². The van der Waals surface area contributed by atoms with Crippen molar-refractivity contribution in [2.75, 3.05) is 19.7 Å². The molecule has 2 aromatic carbocycles. The van der Waals surface area contributed by atoms with Crippen molar-refractivity contribution in [1.82, 2.24) is 14.5 Å². The van der Waals surface area contributed by atoms with Gasteiger partial charge in [-0.1, -0.05) is 48.0 Å². The minimum absolute atomic E-state index is 0.0652. The van der Waals surface area contributed by atoms with Crippen LogP contribution in [0.1, 0.15) is 23.7 Å². The molecule has 2 aromatic rings. The Morgan fingerprint density at radius 1 is 1.12 bits per heavy atom. The molecule has 1 saturated heterocycles. The molecule has 1 fully saturated rings. The van der Waals surface area contributed by atoms with Gasteiger partial charge in [0.2, 0.25) is 11.8 Å². The summed E-state index contributed by atoms with van der Waals surface area (Å²) in [5, 5.41) is 2.52. The second-order valence-corrected chi connectivity index (χ2v) is 9.65. The number of sulfonamides is 1. The summed E-state index contributed by atoms with van der Waals surface area (Å²) in [6.45, 7) is 2.96. The summed E-state index contributed by atoms with van der Waals surface area (Å²) in [6, 6.07) is 14.8. The van der Waals surface area contributed by atoms with Gasteiger partial charge in [0.1, 0.15) is 12.1 Å². The van der Waals surface area contributed by atoms with Gasteiger partial charge in [-0.2, -0.15) is 0 Å². The molecule has 0 saturated carbocycles. The van der Waals surface area contributed by atoms with E-state index in [1.807, 2.05) is 37.3 Å². The molecule has 1 N–H and O–H groups in total. The summed E-state index contributed by atoms with van der Waals surface area (Å²) < 4.78 is 33.2. The maximum atomic E-state index is 13.2. The first-order valence-electron chi connectivity index (χ1n) is 10.4. The Hall–Kier alpha value is -3.17. The van der Waals surface area contributed by atoms with Crippen LogP contribution in [-0.4, -0.2) is 55.2 Å². The molecule has 0 aliphatic carbocycles. The van der Waals surface area contributed by atoms with E-state index in [-0.39, 0.29) is 23.3 Å². The molecule has 168 valence electrons. The van der Waals surface area contributed by atoms with Crippen molar-refractivity contribution in [2.45, 2.75) is 30.4 Å². The van der Waals surface area contributed by atoms with Gasteiger partial charge in [-0.15, -0.1) is 0 Å². The Balaban J connectivity index is 1.52. The van der Waals surface area contributed by atoms with Crippen LogP contribution in [0.15, 0.2) is 71.9 Å². The second-order valence-electron chi connectivity index (χ2n) is 7.80. The van der Waals surface area contributed by atoms with Crippen LogP contribution < -0.4 is 5.32 Å². The zero-order chi connectivity index (χ0) is 22.7. The molecule has 1 unspecified atom stereocenters. The first kappa shape index (κ1) is 22.0. The van der Waals surface area contributed by atoms with E-state index < -0.39 is 22.0 Å². The molecule has 2 atom stereocenters. The number of morpholine rings is 1. The van der Waals surface area contributed by atoms with Gasteiger partial charge in [-0.25, -0.2) is 8.42 Å². The molecule has 9 heteroatoms. The van der Waals surface area contributed by atoms with E-state index in [1.54, 1.807) is 17.0 Å². The molecule has 0 bridgehead atoms. The number of nitrogens with zero attached hydrogens (tertiary/aromatic N) is 2. The minimum atomic E-state index is -4.00. The highest BCUT2D eigenvalue weighted by atomic mass is 32.2. The van der Waals surface area contributed by atoms with Gasteiger partial charge < -0.3 is 15.0 Å². The number of carbonyl (C=O) groups is 2. The predicted molar refractivity (Wildman–Crippen MR) is 118 cm³/mol. The first-order valence-corrected chi connectivity index (χ1v) is 11.8. The maximum absolute atomic E-state index is 13.2. The number of aryl methyl sites for hydroxylation is 1. The Kier molecular flexibility index (Phi) is 6.29. The number of benzene rings is 2. The van der Waals surface area contributed by atoms with Crippen molar-refractivity contribution in [1.29, 1.82) is 0 Å². The van der Waals surface area contributed by atoms with Gasteiger partial charge in [0.25, 0.3) is 10.0 Å². The third kappa shape index (κ3) is 4.53. The lowest BCUT2D eigenvalue weighted by Crippen LogP contribution is -2.52. The van der Waals surface area contributed by atoms with Crippen molar-refractivity contribution >= 4 is 21.8 Å². The average molecular weight is 456 g/mol. The zero-order valence-corrected chi connectivity index (χ0v) is 18.5. The number of carbonyl (C=O) groups excluding carboxylic acids is 2. The van der Waals surface area contributed by atoms with E-state index >= 15 is 0 Å². The molecular weight excluding hydrogens is 430 g/mol. The summed E-state index contributed by atoms with van der Waals surface area (Å²) in [5.41, 5.74) is 1.88. The Labute approximate surface area is 187 Å². The fourth-order valence-electron chi connectivity index (χ4n) is 3.81. The number of amides is 2. The fourth-order valence-corrected chi connectivity index (χ4v) is 5.26. The topological polar surface area (TPSA) is 96.0 Å². The van der Waals surface area contributed by atoms with Crippen LogP contribution in [0.3, 0.4) is 0 Å². The van der Waals surface area contributed by atoms with E-state index in [0.717, 1.165) is 15.4 Å². The van der Waals surface area contributed by atoms with Crippen molar-refractivity contribution in [3.8, 4) is 0 Å². The molecule has 0 aromatic heterocycles. The molecule has 0 spiro atoms. The highest BCUT2D eigenvalue weighted by Gasteiger charge is 2.38. The van der Waals surface area contributed by atoms with Crippen LogP contribution in [0, 0.1) is 6.92 Å². The summed E-state index contributed by atoms with van der Waals surface area (Å²) in [7, 11) is -4.00. The van der Waals surface area contributed by atoms with Gasteiger partial charge in [0.05, 0.1) is 24.5 Å². The standard InChI is InChI=1S/C23H25N3O5S/c1-17-7-9-19(10-8-17)32(29,30)26-12-11-24-23(28)20(26)15-22(27)25-13-14-31-21(16-25)18-5-3-2-4-6-18/h2-12,20-21H,13-16H2,1H3,(H,24,28)/t20-,21?/m1/s1. The third-order valence-electron chi connectivity index (χ3n) is 5.61. The Morgan fingerprint density at radius 3 is 2.56 bits per heavy atom. The highest BCUT2D eigenvalue weighted by molar-refractivity contribution is 7.89. The smallest absolute Gasteiger partial charge is 0.264 e. The molecule has 32 heavy (non-hydrogen) atoms. The largest absolute Gasteiger partial charge is 0.370 e. The summed E-state index contributed by atoms with van der Waals surface area (Å²) in [5.74, 6) is -0.835. The van der Waals surface area contributed by atoms with E-state index in [1.165, 1.54) is 24.5 Å². The van der Waals surface area contributed by atoms with Crippen molar-refractivity contribution in [2.24, 2.45) is 0 Å². The van der Waals surface area contributed by atoms with Crippen molar-refractivity contribution in [3.05, 3.63) is 78.1 Å². The zero-order valence-electron chi connectivity index (χ0n) is 17.7. The quantitative estimate of drug-likeness (QED) is 0.744. The molecular formula is C23H25N3O5S. The number of rotatable bonds is 5. The van der Waals surface area contributed by atoms with Crippen molar-refractivity contribution in [3.63, 3.8) is 0 Å². The lowest BCUT2D eigenvalue weighted by Gasteiger charge is -2.36. The molecule has 4 rings (SSSR count). The molecule has 2 heterocycles. The first-order chi connectivity index (χ1) is 15.4. The molecule has 2 aliphatic rings. The van der Waals surface area contributed by atoms with Gasteiger partial charge in [0.15, 0.2) is 0 Å². The highest BCUT2D eigenvalue weighted by Crippen LogP contribution is 2.26. The second kappa shape index (κ2) is 9.13. The van der Waals surface area contributed by atoms with Gasteiger partial charge in [-0.3, -0.25) is 13.9 Å². The number of nitrogens with one attached hydrogen (secondary N) is 1. The summed E-state index contributed by atoms with van der Waals surface area (Å²) >= 11 is 0. The normalized spacial score (nSPS) is 21.3. The van der Waals surface area contributed by atoms with Crippen LogP contribution in [0.4, 0.5) is 0 Å². The van der Waals surface area contributed by atoms with Crippen LogP contribution in [0.5, 0.6) is 0 Å². The minimum Gasteiger partial charge on any atom is -0.370 e. The van der Waals surface area contributed by atoms with Crippen molar-refractivity contribution < 1.29 is 22.7 Å². The van der Waals surface area contributed by atoms with Gasteiger partial charge >= 0.3 is 0 Å². The number of hydrogen-bond acceptors (Lipinski definition) is 5. The third-order valence-corrected chi connectivity index (χ3v) is 7.41. The lowest BCUT2D eigenvalue weighted by molar-refractivity contribution is -0.142. The van der Waals surface area contributed by atoms with E-state index in [4.69, 9.17) is 4.74 Å². The molecule has 2 amide bonds. The van der Waals surface area contributed by atoms with Crippen LogP contribution in [0.25, 0.3) is 0 Å². The van der Waals surface area contributed by atoms with Gasteiger partial charge in [0, 0.05) is 18.9 Å². The van der Waals surface area contributed by atoms with E-state index in [2.05, 4.69) is 5.32 Å². The number of hydrogen-bond donors (Lipinski definition) is 1. The number of ether oxygens (including phenoxy) is 1. The van der Waals surface area contributed by atoms with E-state index in [9.17, 15) is 18.0 Å². The Morgan fingerprint density at radius 2 is 1.84 bits per heavy atom.